The van der Waals surface area contributed by atoms with Crippen LogP contribution >= 0.6 is 11.6 Å². The number of rotatable bonds is 4. The van der Waals surface area contributed by atoms with Gasteiger partial charge in [-0.15, -0.1) is 0 Å². The summed E-state index contributed by atoms with van der Waals surface area (Å²) in [6, 6.07) is 7.65. The van der Waals surface area contributed by atoms with Gasteiger partial charge in [-0.3, -0.25) is 15.2 Å². The SMILES string of the molecule is O=C(NNCc1ccccc1Cl)c1cnccc1C(F)(F)F. The van der Waals surface area contributed by atoms with Gasteiger partial charge in [-0.2, -0.15) is 13.2 Å². The molecule has 2 N–H and O–H groups in total. The van der Waals surface area contributed by atoms with E-state index in [-0.39, 0.29) is 6.54 Å². The van der Waals surface area contributed by atoms with E-state index in [1.807, 2.05) is 0 Å². The molecule has 2 aromatic rings. The van der Waals surface area contributed by atoms with Crippen molar-refractivity contribution in [3.05, 3.63) is 64.4 Å². The Morgan fingerprint density at radius 1 is 1.23 bits per heavy atom. The molecule has 1 amide bonds. The number of pyridine rings is 1. The first-order valence-electron chi connectivity index (χ1n) is 6.17. The van der Waals surface area contributed by atoms with Gasteiger partial charge in [-0.1, -0.05) is 29.8 Å². The predicted octanol–water partition coefficient (Wildman–Crippen LogP) is 3.19. The highest BCUT2D eigenvalue weighted by Gasteiger charge is 2.35. The van der Waals surface area contributed by atoms with Crippen LogP contribution in [0.2, 0.25) is 5.02 Å². The van der Waals surface area contributed by atoms with Gasteiger partial charge in [-0.25, -0.2) is 5.43 Å². The summed E-state index contributed by atoms with van der Waals surface area (Å²) in [4.78, 5) is 15.4. The molecule has 0 saturated carbocycles. The maximum Gasteiger partial charge on any atom is 0.417 e. The largest absolute Gasteiger partial charge is 0.417 e. The Labute approximate surface area is 129 Å². The van der Waals surface area contributed by atoms with Crippen molar-refractivity contribution >= 4 is 17.5 Å². The molecule has 1 aromatic heterocycles. The standard InChI is InChI=1S/C14H11ClF3N3O/c15-12-4-2-1-3-9(12)7-20-21-13(22)10-8-19-6-5-11(10)14(16,17)18/h1-6,8,20H,7H2,(H,21,22). The van der Waals surface area contributed by atoms with Crippen molar-refractivity contribution in [3.63, 3.8) is 0 Å². The van der Waals surface area contributed by atoms with E-state index in [9.17, 15) is 18.0 Å². The van der Waals surface area contributed by atoms with E-state index >= 15 is 0 Å². The minimum absolute atomic E-state index is 0.174. The second kappa shape index (κ2) is 6.76. The average Bonchev–Trinajstić information content (AvgIpc) is 2.48. The number of nitrogens with one attached hydrogen (secondary N) is 2. The number of hydrazine groups is 1. The van der Waals surface area contributed by atoms with E-state index < -0.39 is 23.2 Å². The normalized spacial score (nSPS) is 11.3. The van der Waals surface area contributed by atoms with Gasteiger partial charge in [0.05, 0.1) is 11.1 Å². The van der Waals surface area contributed by atoms with Gasteiger partial charge >= 0.3 is 6.18 Å². The molecule has 0 aliphatic rings. The van der Waals surface area contributed by atoms with Crippen molar-refractivity contribution in [3.8, 4) is 0 Å². The summed E-state index contributed by atoms with van der Waals surface area (Å²) in [5.41, 5.74) is 3.84. The predicted molar refractivity (Wildman–Crippen MR) is 75.0 cm³/mol. The molecule has 0 bridgehead atoms. The van der Waals surface area contributed by atoms with E-state index in [0.29, 0.717) is 10.6 Å². The molecule has 0 aliphatic heterocycles. The Hall–Kier alpha value is -2.12. The van der Waals surface area contributed by atoms with Gasteiger partial charge in [0.15, 0.2) is 0 Å². The maximum atomic E-state index is 12.8. The Morgan fingerprint density at radius 3 is 2.64 bits per heavy atom. The lowest BCUT2D eigenvalue weighted by Crippen LogP contribution is -2.38. The summed E-state index contributed by atoms with van der Waals surface area (Å²) < 4.78 is 38.4. The fraction of sp³-hybridized carbons (Fsp3) is 0.143. The second-order valence-corrected chi connectivity index (χ2v) is 4.73. The molecule has 0 aliphatic carbocycles. The number of carbonyl (C=O) groups excluding carboxylic acids is 1. The molecule has 116 valence electrons. The summed E-state index contributed by atoms with van der Waals surface area (Å²) in [6.07, 6.45) is -2.77. The van der Waals surface area contributed by atoms with Gasteiger partial charge in [0.1, 0.15) is 0 Å². The lowest BCUT2D eigenvalue weighted by atomic mass is 10.1. The first-order valence-corrected chi connectivity index (χ1v) is 6.55. The van der Waals surface area contributed by atoms with Crippen LogP contribution in [-0.4, -0.2) is 10.9 Å². The molecule has 1 aromatic carbocycles. The zero-order valence-electron chi connectivity index (χ0n) is 11.1. The fourth-order valence-corrected chi connectivity index (χ4v) is 1.95. The Morgan fingerprint density at radius 2 is 1.95 bits per heavy atom. The van der Waals surface area contributed by atoms with Gasteiger partial charge in [0.2, 0.25) is 0 Å². The Bertz CT molecular complexity index is 676. The van der Waals surface area contributed by atoms with Crippen LogP contribution in [0.15, 0.2) is 42.7 Å². The fourth-order valence-electron chi connectivity index (χ4n) is 1.75. The number of alkyl halides is 3. The summed E-state index contributed by atoms with van der Waals surface area (Å²) in [7, 11) is 0. The van der Waals surface area contributed by atoms with Gasteiger partial charge in [0.25, 0.3) is 5.91 Å². The van der Waals surface area contributed by atoms with E-state index in [0.717, 1.165) is 18.5 Å². The van der Waals surface area contributed by atoms with Crippen LogP contribution in [0, 0.1) is 0 Å². The molecule has 0 atom stereocenters. The third-order valence-corrected chi connectivity index (χ3v) is 3.18. The number of aromatic nitrogens is 1. The van der Waals surface area contributed by atoms with E-state index in [4.69, 9.17) is 11.6 Å². The Balaban J connectivity index is 2.03. The Kier molecular flexibility index (Phi) is 4.99. The van der Waals surface area contributed by atoms with Crippen LogP contribution in [-0.2, 0) is 12.7 Å². The van der Waals surface area contributed by atoms with Crippen molar-refractivity contribution < 1.29 is 18.0 Å². The molecule has 0 fully saturated rings. The molecular weight excluding hydrogens is 319 g/mol. The molecule has 0 unspecified atom stereocenters. The van der Waals surface area contributed by atoms with Gasteiger partial charge in [-0.05, 0) is 17.7 Å². The van der Waals surface area contributed by atoms with E-state index in [1.165, 1.54) is 0 Å². The third kappa shape index (κ3) is 3.96. The third-order valence-electron chi connectivity index (χ3n) is 2.81. The lowest BCUT2D eigenvalue weighted by molar-refractivity contribution is -0.138. The van der Waals surface area contributed by atoms with Crippen LogP contribution in [0.1, 0.15) is 21.5 Å². The minimum Gasteiger partial charge on any atom is -0.287 e. The number of carbonyl (C=O) groups is 1. The first kappa shape index (κ1) is 16.3. The highest BCUT2D eigenvalue weighted by Crippen LogP contribution is 2.31. The molecule has 1 heterocycles. The zero-order valence-corrected chi connectivity index (χ0v) is 11.9. The average molecular weight is 330 g/mol. The lowest BCUT2D eigenvalue weighted by Gasteiger charge is -2.13. The number of amides is 1. The quantitative estimate of drug-likeness (QED) is 0.847. The van der Waals surface area contributed by atoms with Crippen molar-refractivity contribution in [1.29, 1.82) is 0 Å². The number of hydrogen-bond acceptors (Lipinski definition) is 3. The number of nitrogens with zero attached hydrogens (tertiary/aromatic N) is 1. The monoisotopic (exact) mass is 329 g/mol. The van der Waals surface area contributed by atoms with Crippen molar-refractivity contribution in [2.45, 2.75) is 12.7 Å². The molecule has 4 nitrogen and oxygen atoms in total. The van der Waals surface area contributed by atoms with Crippen LogP contribution < -0.4 is 10.9 Å². The molecular formula is C14H11ClF3N3O. The molecule has 0 saturated heterocycles. The van der Waals surface area contributed by atoms with Crippen LogP contribution in [0.5, 0.6) is 0 Å². The zero-order chi connectivity index (χ0) is 16.2. The van der Waals surface area contributed by atoms with Gasteiger partial charge < -0.3 is 0 Å². The highest BCUT2D eigenvalue weighted by atomic mass is 35.5. The molecule has 22 heavy (non-hydrogen) atoms. The van der Waals surface area contributed by atoms with Crippen LogP contribution in [0.4, 0.5) is 13.2 Å². The summed E-state index contributed by atoms with van der Waals surface area (Å²) >= 11 is 5.93. The number of hydrogen-bond donors (Lipinski definition) is 2. The summed E-state index contributed by atoms with van der Waals surface area (Å²) in [5.74, 6) is -0.924. The van der Waals surface area contributed by atoms with Crippen LogP contribution in [0.25, 0.3) is 0 Å². The maximum absolute atomic E-state index is 12.8. The minimum atomic E-state index is -4.63. The molecule has 0 spiro atoms. The number of halogens is 4. The molecule has 8 heteroatoms. The molecule has 2 rings (SSSR count). The van der Waals surface area contributed by atoms with E-state index in [1.54, 1.807) is 24.3 Å². The summed E-state index contributed by atoms with van der Waals surface area (Å²) in [5, 5.41) is 0.488. The number of benzene rings is 1. The van der Waals surface area contributed by atoms with Crippen molar-refractivity contribution in [1.82, 2.24) is 15.8 Å². The van der Waals surface area contributed by atoms with Crippen molar-refractivity contribution in [2.75, 3.05) is 0 Å². The molecule has 0 radical (unpaired) electrons. The smallest absolute Gasteiger partial charge is 0.287 e. The van der Waals surface area contributed by atoms with E-state index in [2.05, 4.69) is 15.8 Å². The highest BCUT2D eigenvalue weighted by molar-refractivity contribution is 6.31. The van der Waals surface area contributed by atoms with Crippen LogP contribution in [0.3, 0.4) is 0 Å². The van der Waals surface area contributed by atoms with Crippen molar-refractivity contribution in [2.24, 2.45) is 0 Å². The topological polar surface area (TPSA) is 54.0 Å². The second-order valence-electron chi connectivity index (χ2n) is 4.32. The van der Waals surface area contributed by atoms with Gasteiger partial charge in [0, 0.05) is 24.0 Å². The summed E-state index contributed by atoms with van der Waals surface area (Å²) in [6.45, 7) is 0.174. The first-order chi connectivity index (χ1) is 10.4.